The van der Waals surface area contributed by atoms with E-state index < -0.39 is 0 Å². The van der Waals surface area contributed by atoms with Crippen LogP contribution in [0.15, 0.2) is 48.0 Å². The van der Waals surface area contributed by atoms with Crippen molar-refractivity contribution in [2.75, 3.05) is 13.1 Å². The summed E-state index contributed by atoms with van der Waals surface area (Å²) in [4.78, 5) is 20.6. The van der Waals surface area contributed by atoms with Crippen LogP contribution >= 0.6 is 11.3 Å². The first-order valence-corrected chi connectivity index (χ1v) is 9.28. The monoisotopic (exact) mass is 336 g/mol. The van der Waals surface area contributed by atoms with Crippen molar-refractivity contribution >= 4 is 28.0 Å². The van der Waals surface area contributed by atoms with Crippen LogP contribution in [0.3, 0.4) is 0 Å². The summed E-state index contributed by atoms with van der Waals surface area (Å²) in [6, 6.07) is 12.5. The second-order valence-electron chi connectivity index (χ2n) is 6.49. The molecule has 3 heterocycles. The molecule has 24 heavy (non-hydrogen) atoms. The van der Waals surface area contributed by atoms with Crippen LogP contribution in [0.2, 0.25) is 0 Å². The van der Waals surface area contributed by atoms with Crippen LogP contribution in [-0.4, -0.2) is 28.9 Å². The largest absolute Gasteiger partial charge is 0.338 e. The minimum atomic E-state index is 0.157. The van der Waals surface area contributed by atoms with Gasteiger partial charge in [-0.05, 0) is 37.3 Å². The molecular formula is C20H20N2OS. The molecule has 0 aliphatic carbocycles. The number of pyridine rings is 1. The number of fused-ring (bicyclic) bond motifs is 1. The van der Waals surface area contributed by atoms with Crippen molar-refractivity contribution in [3.63, 3.8) is 0 Å². The normalized spacial score (nSPS) is 18.0. The van der Waals surface area contributed by atoms with Gasteiger partial charge in [-0.1, -0.05) is 24.3 Å². The average molecular weight is 336 g/mol. The maximum Gasteiger partial charge on any atom is 0.254 e. The quantitative estimate of drug-likeness (QED) is 0.684. The molecule has 0 N–H and O–H groups in total. The smallest absolute Gasteiger partial charge is 0.254 e. The molecule has 3 aromatic rings. The zero-order chi connectivity index (χ0) is 16.5. The standard InChI is InChI=1S/C20H20N2OS/c1-14-9-18(13-24-14)20(23)22-8-4-7-17(12-22)19-10-15-5-2-3-6-16(15)11-21-19/h2-3,5-6,9-11,13,17H,4,7-8,12H2,1H3/t17-/m0/s1. The molecule has 0 spiro atoms. The molecule has 0 unspecified atom stereocenters. The Balaban J connectivity index is 1.56. The van der Waals surface area contributed by atoms with E-state index in [0.29, 0.717) is 5.92 Å². The maximum atomic E-state index is 12.7. The Morgan fingerprint density at radius 1 is 1.25 bits per heavy atom. The first kappa shape index (κ1) is 15.3. The molecule has 1 aliphatic heterocycles. The summed E-state index contributed by atoms with van der Waals surface area (Å²) >= 11 is 1.64. The Morgan fingerprint density at radius 2 is 2.08 bits per heavy atom. The molecule has 2 aromatic heterocycles. The summed E-state index contributed by atoms with van der Waals surface area (Å²) in [5, 5.41) is 4.35. The first-order valence-electron chi connectivity index (χ1n) is 8.40. The molecule has 1 fully saturated rings. The van der Waals surface area contributed by atoms with Gasteiger partial charge in [0.05, 0.1) is 5.56 Å². The summed E-state index contributed by atoms with van der Waals surface area (Å²) in [5.41, 5.74) is 1.93. The zero-order valence-corrected chi connectivity index (χ0v) is 14.6. The van der Waals surface area contributed by atoms with Crippen LogP contribution < -0.4 is 0 Å². The predicted octanol–water partition coefficient (Wildman–Crippen LogP) is 4.62. The van der Waals surface area contributed by atoms with E-state index in [1.165, 1.54) is 15.6 Å². The first-order chi connectivity index (χ1) is 11.7. The van der Waals surface area contributed by atoms with E-state index in [-0.39, 0.29) is 5.91 Å². The number of piperidine rings is 1. The number of aromatic nitrogens is 1. The van der Waals surface area contributed by atoms with Crippen LogP contribution in [0.1, 0.15) is 39.7 Å². The van der Waals surface area contributed by atoms with Gasteiger partial charge in [-0.25, -0.2) is 0 Å². The number of carbonyl (C=O) groups excluding carboxylic acids is 1. The summed E-state index contributed by atoms with van der Waals surface area (Å²) in [6.07, 6.45) is 4.08. The summed E-state index contributed by atoms with van der Waals surface area (Å²) in [6.45, 7) is 3.65. The minimum absolute atomic E-state index is 0.157. The Bertz CT molecular complexity index is 886. The molecule has 0 bridgehead atoms. The number of aryl methyl sites for hydroxylation is 1. The fourth-order valence-corrected chi connectivity index (χ4v) is 4.14. The van der Waals surface area contributed by atoms with Gasteiger partial charge in [0.2, 0.25) is 0 Å². The second-order valence-corrected chi connectivity index (χ2v) is 7.61. The van der Waals surface area contributed by atoms with Crippen molar-refractivity contribution in [2.24, 2.45) is 0 Å². The highest BCUT2D eigenvalue weighted by Crippen LogP contribution is 2.29. The van der Waals surface area contributed by atoms with Crippen molar-refractivity contribution in [1.82, 2.24) is 9.88 Å². The molecule has 0 radical (unpaired) electrons. The Labute approximate surface area is 146 Å². The SMILES string of the molecule is Cc1cc(C(=O)N2CCC[C@H](c3cc4ccccc4cn3)C2)cs1. The number of carbonyl (C=O) groups is 1. The molecule has 1 atom stereocenters. The van der Waals surface area contributed by atoms with Gasteiger partial charge in [-0.15, -0.1) is 11.3 Å². The number of rotatable bonds is 2. The Kier molecular flexibility index (Phi) is 4.07. The third-order valence-corrected chi connectivity index (χ3v) is 5.62. The van der Waals surface area contributed by atoms with Crippen LogP contribution in [0.4, 0.5) is 0 Å². The van der Waals surface area contributed by atoms with Crippen molar-refractivity contribution < 1.29 is 4.79 Å². The van der Waals surface area contributed by atoms with Crippen LogP contribution in [-0.2, 0) is 0 Å². The predicted molar refractivity (Wildman–Crippen MR) is 98.7 cm³/mol. The molecular weight excluding hydrogens is 316 g/mol. The van der Waals surface area contributed by atoms with Gasteiger partial charge in [-0.3, -0.25) is 9.78 Å². The van der Waals surface area contributed by atoms with E-state index in [1.807, 2.05) is 35.5 Å². The van der Waals surface area contributed by atoms with E-state index in [9.17, 15) is 4.79 Å². The lowest BCUT2D eigenvalue weighted by molar-refractivity contribution is 0.0706. The summed E-state index contributed by atoms with van der Waals surface area (Å²) in [7, 11) is 0. The van der Waals surface area contributed by atoms with Gasteiger partial charge in [0.25, 0.3) is 5.91 Å². The highest BCUT2D eigenvalue weighted by Gasteiger charge is 2.26. The van der Waals surface area contributed by atoms with E-state index >= 15 is 0 Å². The third-order valence-electron chi connectivity index (χ3n) is 4.76. The van der Waals surface area contributed by atoms with Gasteiger partial charge in [0, 0.05) is 46.5 Å². The van der Waals surface area contributed by atoms with Crippen LogP contribution in [0.5, 0.6) is 0 Å². The fourth-order valence-electron chi connectivity index (χ4n) is 3.47. The van der Waals surface area contributed by atoms with E-state index in [1.54, 1.807) is 11.3 Å². The molecule has 1 aromatic carbocycles. The lowest BCUT2D eigenvalue weighted by Crippen LogP contribution is -2.39. The summed E-state index contributed by atoms with van der Waals surface area (Å²) in [5.74, 6) is 0.483. The molecule has 122 valence electrons. The molecule has 0 saturated carbocycles. The zero-order valence-electron chi connectivity index (χ0n) is 13.7. The Morgan fingerprint density at radius 3 is 2.88 bits per heavy atom. The molecule has 1 aliphatic rings. The fraction of sp³-hybridized carbons (Fsp3) is 0.300. The number of thiophene rings is 1. The topological polar surface area (TPSA) is 33.2 Å². The maximum absolute atomic E-state index is 12.7. The number of amides is 1. The third kappa shape index (κ3) is 2.94. The average Bonchev–Trinajstić information content (AvgIpc) is 3.07. The molecule has 4 rings (SSSR count). The number of hydrogen-bond acceptors (Lipinski definition) is 3. The van der Waals surface area contributed by atoms with Crippen molar-refractivity contribution in [3.05, 3.63) is 64.1 Å². The van der Waals surface area contributed by atoms with Gasteiger partial charge in [0.15, 0.2) is 0 Å². The highest BCUT2D eigenvalue weighted by atomic mass is 32.1. The number of nitrogens with zero attached hydrogens (tertiary/aromatic N) is 2. The number of benzene rings is 1. The van der Waals surface area contributed by atoms with Crippen LogP contribution in [0.25, 0.3) is 10.8 Å². The van der Waals surface area contributed by atoms with E-state index in [4.69, 9.17) is 0 Å². The van der Waals surface area contributed by atoms with Crippen molar-refractivity contribution in [2.45, 2.75) is 25.7 Å². The molecule has 4 heteroatoms. The van der Waals surface area contributed by atoms with Gasteiger partial charge in [-0.2, -0.15) is 0 Å². The molecule has 3 nitrogen and oxygen atoms in total. The molecule has 1 saturated heterocycles. The van der Waals surface area contributed by atoms with Crippen molar-refractivity contribution in [3.8, 4) is 0 Å². The van der Waals surface area contributed by atoms with Crippen molar-refractivity contribution in [1.29, 1.82) is 0 Å². The lowest BCUT2D eigenvalue weighted by atomic mass is 9.93. The lowest BCUT2D eigenvalue weighted by Gasteiger charge is -2.32. The summed E-state index contributed by atoms with van der Waals surface area (Å²) < 4.78 is 0. The van der Waals surface area contributed by atoms with E-state index in [2.05, 4.69) is 29.2 Å². The number of hydrogen-bond donors (Lipinski definition) is 0. The van der Waals surface area contributed by atoms with Gasteiger partial charge in [0.1, 0.15) is 0 Å². The highest BCUT2D eigenvalue weighted by molar-refractivity contribution is 7.10. The van der Waals surface area contributed by atoms with Gasteiger partial charge >= 0.3 is 0 Å². The second kappa shape index (κ2) is 6.36. The Hall–Kier alpha value is -2.20. The number of likely N-dealkylation sites (tertiary alicyclic amines) is 1. The minimum Gasteiger partial charge on any atom is -0.338 e. The van der Waals surface area contributed by atoms with Crippen LogP contribution in [0, 0.1) is 6.92 Å². The molecule has 1 amide bonds. The van der Waals surface area contributed by atoms with Gasteiger partial charge < -0.3 is 4.90 Å². The van der Waals surface area contributed by atoms with E-state index in [0.717, 1.165) is 37.2 Å².